The number of para-hydroxylation sites is 1. The van der Waals surface area contributed by atoms with Gasteiger partial charge >= 0.3 is 0 Å². The van der Waals surface area contributed by atoms with Gasteiger partial charge < -0.3 is 5.11 Å². The highest BCUT2D eigenvalue weighted by Gasteiger charge is 2.08. The van der Waals surface area contributed by atoms with Crippen molar-refractivity contribution in [2.75, 3.05) is 11.0 Å². The molecule has 13 heavy (non-hydrogen) atoms. The molecule has 0 aliphatic rings. The average Bonchev–Trinajstić information content (AvgIpc) is 1.96. The highest BCUT2D eigenvalue weighted by atomic mass is 127. The van der Waals surface area contributed by atoms with E-state index in [0.29, 0.717) is 3.57 Å². The lowest BCUT2D eigenvalue weighted by Gasteiger charge is -2.06. The van der Waals surface area contributed by atoms with Gasteiger partial charge in [0.25, 0.3) is 0 Å². The molecule has 2 N–H and O–H groups in total. The highest BCUT2D eigenvalue weighted by Crippen LogP contribution is 2.28. The second-order valence-corrected chi connectivity index (χ2v) is 5.42. The van der Waals surface area contributed by atoms with E-state index in [4.69, 9.17) is 0 Å². The van der Waals surface area contributed by atoms with Crippen molar-refractivity contribution in [3.05, 3.63) is 21.8 Å². The molecule has 0 saturated carbocycles. The number of benzene rings is 1. The summed E-state index contributed by atoms with van der Waals surface area (Å²) in [6, 6.07) is 4.84. The number of halogens is 1. The van der Waals surface area contributed by atoms with Gasteiger partial charge in [-0.25, -0.2) is 8.42 Å². The monoisotopic (exact) mass is 313 g/mol. The minimum absolute atomic E-state index is 0.0477. The Hall–Kier alpha value is -0.500. The summed E-state index contributed by atoms with van der Waals surface area (Å²) in [6.07, 6.45) is 1.03. The molecule has 0 atom stereocenters. The zero-order valence-corrected chi connectivity index (χ0v) is 9.76. The molecule has 0 fully saturated rings. The van der Waals surface area contributed by atoms with Gasteiger partial charge in [-0.3, -0.25) is 4.72 Å². The first kappa shape index (κ1) is 10.6. The van der Waals surface area contributed by atoms with Crippen LogP contribution in [0.25, 0.3) is 0 Å². The molecule has 0 amide bonds. The first-order chi connectivity index (χ1) is 5.90. The highest BCUT2D eigenvalue weighted by molar-refractivity contribution is 14.1. The van der Waals surface area contributed by atoms with E-state index in [9.17, 15) is 13.5 Å². The van der Waals surface area contributed by atoms with Gasteiger partial charge in [-0.15, -0.1) is 0 Å². The second kappa shape index (κ2) is 3.70. The molecule has 0 aromatic heterocycles. The molecule has 0 bridgehead atoms. The summed E-state index contributed by atoms with van der Waals surface area (Å²) in [4.78, 5) is 0. The Morgan fingerprint density at radius 1 is 1.46 bits per heavy atom. The first-order valence-electron chi connectivity index (χ1n) is 3.35. The Balaban J connectivity index is 3.10. The van der Waals surface area contributed by atoms with Gasteiger partial charge in [0.05, 0.1) is 15.5 Å². The molecule has 1 aromatic rings. The lowest BCUT2D eigenvalue weighted by Crippen LogP contribution is -2.09. The standard InChI is InChI=1S/C7H8INO3S/c1-13(11,12)9-6-4-2-3-5(8)7(6)10/h2-4,9-10H,1H3. The van der Waals surface area contributed by atoms with Gasteiger partial charge in [-0.05, 0) is 34.7 Å². The van der Waals surface area contributed by atoms with E-state index in [1.165, 1.54) is 6.07 Å². The summed E-state index contributed by atoms with van der Waals surface area (Å²) in [7, 11) is -3.33. The minimum atomic E-state index is -3.33. The molecule has 0 unspecified atom stereocenters. The van der Waals surface area contributed by atoms with Crippen molar-refractivity contribution >= 4 is 38.3 Å². The van der Waals surface area contributed by atoms with Gasteiger partial charge in [0.15, 0.2) is 5.75 Å². The van der Waals surface area contributed by atoms with Crippen molar-refractivity contribution in [2.24, 2.45) is 0 Å². The summed E-state index contributed by atoms with van der Waals surface area (Å²) >= 11 is 1.92. The molecule has 0 radical (unpaired) electrons. The van der Waals surface area contributed by atoms with Gasteiger partial charge in [0, 0.05) is 0 Å². The third-order valence-electron chi connectivity index (χ3n) is 1.28. The fourth-order valence-corrected chi connectivity index (χ4v) is 1.86. The second-order valence-electron chi connectivity index (χ2n) is 2.51. The van der Waals surface area contributed by atoms with Crippen LogP contribution in [0.5, 0.6) is 5.75 Å². The zero-order chi connectivity index (χ0) is 10.1. The molecule has 1 rings (SSSR count). The number of hydrogen-bond acceptors (Lipinski definition) is 3. The van der Waals surface area contributed by atoms with E-state index in [-0.39, 0.29) is 11.4 Å². The Morgan fingerprint density at radius 3 is 2.62 bits per heavy atom. The van der Waals surface area contributed by atoms with Crippen molar-refractivity contribution in [1.82, 2.24) is 0 Å². The topological polar surface area (TPSA) is 66.4 Å². The van der Waals surface area contributed by atoms with Crippen molar-refractivity contribution in [2.45, 2.75) is 0 Å². The maximum absolute atomic E-state index is 10.8. The van der Waals surface area contributed by atoms with E-state index >= 15 is 0 Å². The number of rotatable bonds is 2. The Bertz CT molecular complexity index is 416. The fourth-order valence-electron chi connectivity index (χ4n) is 0.797. The van der Waals surface area contributed by atoms with Crippen LogP contribution in [0.2, 0.25) is 0 Å². The van der Waals surface area contributed by atoms with E-state index in [1.54, 1.807) is 12.1 Å². The maximum atomic E-state index is 10.8. The smallest absolute Gasteiger partial charge is 0.229 e. The van der Waals surface area contributed by atoms with E-state index in [2.05, 4.69) is 4.72 Å². The van der Waals surface area contributed by atoms with Crippen LogP contribution >= 0.6 is 22.6 Å². The zero-order valence-electron chi connectivity index (χ0n) is 6.78. The summed E-state index contributed by atoms with van der Waals surface area (Å²) in [6.45, 7) is 0. The SMILES string of the molecule is CS(=O)(=O)Nc1cccc(I)c1O. The van der Waals surface area contributed by atoms with E-state index in [0.717, 1.165) is 6.26 Å². The number of hydrogen-bond donors (Lipinski definition) is 2. The Kier molecular flexibility index (Phi) is 3.01. The number of nitrogens with one attached hydrogen (secondary N) is 1. The Morgan fingerprint density at radius 2 is 2.08 bits per heavy atom. The number of phenols is 1. The molecule has 0 heterocycles. The van der Waals surface area contributed by atoms with Crippen LogP contribution in [-0.2, 0) is 10.0 Å². The largest absolute Gasteiger partial charge is 0.505 e. The van der Waals surface area contributed by atoms with Crippen molar-refractivity contribution in [3.63, 3.8) is 0 Å². The van der Waals surface area contributed by atoms with Crippen LogP contribution in [0.3, 0.4) is 0 Å². The third-order valence-corrected chi connectivity index (χ3v) is 2.74. The summed E-state index contributed by atoms with van der Waals surface area (Å²) in [5.41, 5.74) is 0.203. The summed E-state index contributed by atoms with van der Waals surface area (Å²) < 4.78 is 24.5. The molecular weight excluding hydrogens is 305 g/mol. The van der Waals surface area contributed by atoms with Crippen molar-refractivity contribution in [1.29, 1.82) is 0 Å². The average molecular weight is 313 g/mol. The maximum Gasteiger partial charge on any atom is 0.229 e. The van der Waals surface area contributed by atoms with Crippen molar-refractivity contribution < 1.29 is 13.5 Å². The first-order valence-corrected chi connectivity index (χ1v) is 6.32. The molecule has 72 valence electrons. The van der Waals surface area contributed by atoms with Crippen molar-refractivity contribution in [3.8, 4) is 5.75 Å². The van der Waals surface area contributed by atoms with Crippen LogP contribution in [-0.4, -0.2) is 19.8 Å². The molecule has 6 heteroatoms. The molecule has 4 nitrogen and oxygen atoms in total. The van der Waals surface area contributed by atoms with Gasteiger partial charge in [0.1, 0.15) is 0 Å². The van der Waals surface area contributed by atoms with Gasteiger partial charge in [-0.2, -0.15) is 0 Å². The van der Waals surface area contributed by atoms with E-state index < -0.39 is 10.0 Å². The Labute approximate surface area is 90.2 Å². The van der Waals surface area contributed by atoms with Crippen LogP contribution in [0.4, 0.5) is 5.69 Å². The van der Waals surface area contributed by atoms with Crippen LogP contribution in [0.15, 0.2) is 18.2 Å². The number of sulfonamides is 1. The summed E-state index contributed by atoms with van der Waals surface area (Å²) in [5, 5.41) is 9.43. The number of anilines is 1. The molecule has 0 saturated heterocycles. The fraction of sp³-hybridized carbons (Fsp3) is 0.143. The lowest BCUT2D eigenvalue weighted by molar-refractivity contribution is 0.474. The number of aromatic hydroxyl groups is 1. The molecule has 0 aliphatic heterocycles. The quantitative estimate of drug-likeness (QED) is 0.640. The van der Waals surface area contributed by atoms with Gasteiger partial charge in [-0.1, -0.05) is 6.07 Å². The number of phenolic OH excluding ortho intramolecular Hbond substituents is 1. The molecule has 0 spiro atoms. The van der Waals surface area contributed by atoms with Crippen LogP contribution < -0.4 is 4.72 Å². The summed E-state index contributed by atoms with van der Waals surface area (Å²) in [5.74, 6) is -0.0477. The predicted octanol–water partition coefficient (Wildman–Crippen LogP) is 1.37. The molecular formula is C7H8INO3S. The van der Waals surface area contributed by atoms with Gasteiger partial charge in [0.2, 0.25) is 10.0 Å². The van der Waals surface area contributed by atoms with Crippen LogP contribution in [0.1, 0.15) is 0 Å². The molecule has 1 aromatic carbocycles. The van der Waals surface area contributed by atoms with Crippen LogP contribution in [0, 0.1) is 3.57 Å². The predicted molar refractivity (Wildman–Crippen MR) is 59.3 cm³/mol. The normalized spacial score (nSPS) is 11.2. The van der Waals surface area contributed by atoms with E-state index in [1.807, 2.05) is 22.6 Å². The molecule has 0 aliphatic carbocycles. The minimum Gasteiger partial charge on any atom is -0.505 e. The lowest BCUT2D eigenvalue weighted by atomic mass is 10.3. The third kappa shape index (κ3) is 3.03.